The Kier molecular flexibility index (Phi) is 4.93. The normalized spacial score (nSPS) is 17.9. The van der Waals surface area contributed by atoms with Gasteiger partial charge in [-0.25, -0.2) is 9.37 Å². The van der Waals surface area contributed by atoms with Crippen molar-refractivity contribution >= 4 is 44.9 Å². The van der Waals surface area contributed by atoms with Crippen LogP contribution in [0.15, 0.2) is 82.0 Å². The van der Waals surface area contributed by atoms with Gasteiger partial charge in [0.1, 0.15) is 11.4 Å². The Labute approximate surface area is 225 Å². The fourth-order valence-electron chi connectivity index (χ4n) is 5.61. The molecule has 4 heterocycles. The van der Waals surface area contributed by atoms with Crippen molar-refractivity contribution in [2.45, 2.75) is 25.9 Å². The molecule has 2 aliphatic rings. The summed E-state index contributed by atoms with van der Waals surface area (Å²) >= 11 is 1.26. The lowest BCUT2D eigenvalue weighted by atomic mass is 9.84. The summed E-state index contributed by atoms with van der Waals surface area (Å²) in [7, 11) is 0. The van der Waals surface area contributed by atoms with Crippen LogP contribution in [0.4, 0.5) is 15.2 Å². The highest BCUT2D eigenvalue weighted by molar-refractivity contribution is 7.16. The van der Waals surface area contributed by atoms with Gasteiger partial charge in [-0.2, -0.15) is 0 Å². The molecule has 9 heteroatoms. The molecular formula is C30H20FN3O4S. The molecule has 39 heavy (non-hydrogen) atoms. The van der Waals surface area contributed by atoms with Crippen molar-refractivity contribution in [3.8, 4) is 0 Å². The van der Waals surface area contributed by atoms with Crippen LogP contribution in [0.2, 0.25) is 0 Å². The molecular weight excluding hydrogens is 517 g/mol. The van der Waals surface area contributed by atoms with Gasteiger partial charge in [-0.05, 0) is 43.7 Å². The summed E-state index contributed by atoms with van der Waals surface area (Å²) in [5.41, 5.74) is 0.0718. The summed E-state index contributed by atoms with van der Waals surface area (Å²) in [5, 5.41) is 0.238. The van der Waals surface area contributed by atoms with Gasteiger partial charge < -0.3 is 9.32 Å². The lowest BCUT2D eigenvalue weighted by molar-refractivity contribution is -0.121. The van der Waals surface area contributed by atoms with Crippen LogP contribution < -0.4 is 15.2 Å². The molecule has 0 fully saturated rings. The standard InChI is InChI=1S/C30H20FN3O4S/c1-16-17(2)39-29(32-16)34-27(36)26-24(25(35)20-14-19(31)12-13-23(20)38-26)30(34)21-10-6-7-11-22(21)33(28(30)37)15-18-8-4-3-5-9-18/h3-14H,15H2,1-2H3. The maximum Gasteiger partial charge on any atom is 0.297 e. The largest absolute Gasteiger partial charge is 0.450 e. The van der Waals surface area contributed by atoms with Gasteiger partial charge in [-0.3, -0.25) is 19.3 Å². The number of carbonyl (C=O) groups is 2. The van der Waals surface area contributed by atoms with Gasteiger partial charge >= 0.3 is 0 Å². The van der Waals surface area contributed by atoms with E-state index < -0.39 is 28.6 Å². The first kappa shape index (κ1) is 23.5. The lowest BCUT2D eigenvalue weighted by Gasteiger charge is -2.32. The van der Waals surface area contributed by atoms with E-state index in [1.54, 1.807) is 29.2 Å². The molecule has 0 aliphatic carbocycles. The van der Waals surface area contributed by atoms with Crippen molar-refractivity contribution in [2.24, 2.45) is 0 Å². The first-order valence-corrected chi connectivity index (χ1v) is 13.1. The van der Waals surface area contributed by atoms with E-state index in [4.69, 9.17) is 4.42 Å². The smallest absolute Gasteiger partial charge is 0.297 e. The molecule has 1 atom stereocenters. The zero-order valence-corrected chi connectivity index (χ0v) is 21.7. The fraction of sp³-hybridized carbons (Fsp3) is 0.133. The molecule has 192 valence electrons. The van der Waals surface area contributed by atoms with Crippen LogP contribution in [0.3, 0.4) is 0 Å². The monoisotopic (exact) mass is 537 g/mol. The number of thiazole rings is 1. The number of hydrogen-bond acceptors (Lipinski definition) is 6. The highest BCUT2D eigenvalue weighted by Crippen LogP contribution is 2.54. The number of halogens is 1. The number of aryl methyl sites for hydroxylation is 2. The second kappa shape index (κ2) is 8.18. The first-order chi connectivity index (χ1) is 18.8. The molecule has 2 aliphatic heterocycles. The molecule has 0 saturated carbocycles. The number of anilines is 2. The van der Waals surface area contributed by atoms with Gasteiger partial charge in [0.15, 0.2) is 16.1 Å². The molecule has 2 aromatic heterocycles. The zero-order valence-electron chi connectivity index (χ0n) is 20.9. The summed E-state index contributed by atoms with van der Waals surface area (Å²) in [6, 6.07) is 20.1. The number of amides is 2. The Morgan fingerprint density at radius 1 is 0.974 bits per heavy atom. The van der Waals surface area contributed by atoms with Crippen molar-refractivity contribution in [3.05, 3.63) is 122 Å². The number of fused-ring (bicyclic) bond motifs is 5. The predicted molar refractivity (Wildman–Crippen MR) is 146 cm³/mol. The second-order valence-electron chi connectivity index (χ2n) is 9.66. The molecule has 0 N–H and O–H groups in total. The minimum atomic E-state index is -1.87. The van der Waals surface area contributed by atoms with Crippen LogP contribution in [-0.2, 0) is 16.9 Å². The van der Waals surface area contributed by atoms with E-state index in [0.717, 1.165) is 22.6 Å². The maximum atomic E-state index is 14.8. The molecule has 1 spiro atoms. The van der Waals surface area contributed by atoms with Gasteiger partial charge in [0, 0.05) is 10.4 Å². The van der Waals surface area contributed by atoms with Crippen LogP contribution in [0.1, 0.15) is 37.8 Å². The SMILES string of the molecule is Cc1nc(N2C(=O)c3oc4ccc(F)cc4c(=O)c3C23C(=O)N(Cc2ccccc2)c2ccccc23)sc1C. The number of hydrogen-bond donors (Lipinski definition) is 0. The van der Waals surface area contributed by atoms with Crippen LogP contribution in [0.25, 0.3) is 11.0 Å². The van der Waals surface area contributed by atoms with E-state index in [-0.39, 0.29) is 34.0 Å². The van der Waals surface area contributed by atoms with Gasteiger partial charge in [-0.1, -0.05) is 48.5 Å². The Bertz CT molecular complexity index is 1900. The van der Waals surface area contributed by atoms with Crippen LogP contribution >= 0.6 is 11.3 Å². The van der Waals surface area contributed by atoms with Crippen molar-refractivity contribution in [3.63, 3.8) is 0 Å². The van der Waals surface area contributed by atoms with Gasteiger partial charge in [0.2, 0.25) is 5.76 Å². The lowest BCUT2D eigenvalue weighted by Crippen LogP contribution is -2.53. The molecule has 3 aromatic carbocycles. The topological polar surface area (TPSA) is 83.7 Å². The van der Waals surface area contributed by atoms with Gasteiger partial charge in [0.25, 0.3) is 11.8 Å². The molecule has 0 radical (unpaired) electrons. The van der Waals surface area contributed by atoms with Crippen molar-refractivity contribution < 1.29 is 18.4 Å². The molecule has 7 rings (SSSR count). The number of nitrogens with zero attached hydrogens (tertiary/aromatic N) is 3. The summed E-state index contributed by atoms with van der Waals surface area (Å²) in [6.45, 7) is 3.92. The third kappa shape index (κ3) is 3.07. The number of rotatable bonds is 3. The third-order valence-electron chi connectivity index (χ3n) is 7.48. The number of aromatic nitrogens is 1. The van der Waals surface area contributed by atoms with E-state index in [2.05, 4.69) is 4.98 Å². The Morgan fingerprint density at radius 3 is 2.46 bits per heavy atom. The zero-order chi connectivity index (χ0) is 27.1. The summed E-state index contributed by atoms with van der Waals surface area (Å²) in [4.78, 5) is 51.5. The Morgan fingerprint density at radius 2 is 1.72 bits per heavy atom. The second-order valence-corrected chi connectivity index (χ2v) is 10.8. The maximum absolute atomic E-state index is 14.8. The summed E-state index contributed by atoms with van der Waals surface area (Å²) < 4.78 is 20.3. The average Bonchev–Trinajstić information content (AvgIpc) is 3.49. The van der Waals surface area contributed by atoms with Crippen molar-refractivity contribution in [1.29, 1.82) is 0 Å². The molecule has 0 bridgehead atoms. The van der Waals surface area contributed by atoms with E-state index >= 15 is 0 Å². The van der Waals surface area contributed by atoms with E-state index in [1.807, 2.05) is 44.2 Å². The average molecular weight is 538 g/mol. The molecule has 7 nitrogen and oxygen atoms in total. The van der Waals surface area contributed by atoms with Crippen LogP contribution in [-0.4, -0.2) is 16.8 Å². The number of carbonyl (C=O) groups excluding carboxylic acids is 2. The fourth-order valence-corrected chi connectivity index (χ4v) is 6.57. The van der Waals surface area contributed by atoms with E-state index in [9.17, 15) is 18.8 Å². The van der Waals surface area contributed by atoms with Gasteiger partial charge in [-0.15, -0.1) is 11.3 Å². The van der Waals surface area contributed by atoms with Crippen LogP contribution in [0, 0.1) is 19.7 Å². The van der Waals surface area contributed by atoms with Gasteiger partial charge in [0.05, 0.1) is 28.9 Å². The molecule has 1 unspecified atom stereocenters. The first-order valence-electron chi connectivity index (χ1n) is 12.3. The number of para-hydroxylation sites is 1. The third-order valence-corrected chi connectivity index (χ3v) is 8.54. The predicted octanol–water partition coefficient (Wildman–Crippen LogP) is 5.46. The molecule has 2 amide bonds. The molecule has 5 aromatic rings. The van der Waals surface area contributed by atoms with E-state index in [0.29, 0.717) is 16.9 Å². The highest BCUT2D eigenvalue weighted by atomic mass is 32.1. The minimum absolute atomic E-state index is 0.0407. The Balaban J connectivity index is 1.58. The van der Waals surface area contributed by atoms with E-state index in [1.165, 1.54) is 22.3 Å². The van der Waals surface area contributed by atoms with Crippen LogP contribution in [0.5, 0.6) is 0 Å². The Hall–Kier alpha value is -4.63. The minimum Gasteiger partial charge on any atom is -0.450 e. The highest BCUT2D eigenvalue weighted by Gasteiger charge is 2.66. The molecule has 0 saturated heterocycles. The van der Waals surface area contributed by atoms with Crippen molar-refractivity contribution in [2.75, 3.05) is 9.80 Å². The van der Waals surface area contributed by atoms with Crippen molar-refractivity contribution in [1.82, 2.24) is 4.98 Å². The number of benzene rings is 3. The summed E-state index contributed by atoms with van der Waals surface area (Å²) in [6.07, 6.45) is 0. The summed E-state index contributed by atoms with van der Waals surface area (Å²) in [5.74, 6) is -1.99. The quantitative estimate of drug-likeness (QED) is 0.305.